The minimum atomic E-state index is -4.59. The number of hydrogen-bond donors (Lipinski definition) is 1. The quantitative estimate of drug-likeness (QED) is 0.0310. The Morgan fingerprint density at radius 1 is 0.481 bits per heavy atom. The zero-order chi connectivity index (χ0) is 39.4. The second kappa shape index (κ2) is 35.0. The first-order chi connectivity index (χ1) is 26.3. The fourth-order valence-electron chi connectivity index (χ4n) is 6.72. The smallest absolute Gasteiger partial charge is 0.339 e. The molecule has 0 unspecified atom stereocenters. The lowest BCUT2D eigenvalue weighted by Crippen LogP contribution is -2.15. The number of allylic oxidation sites excluding steroid dienone is 2. The Morgan fingerprint density at radius 2 is 0.796 bits per heavy atom. The fraction of sp³-hybridized carbons (Fsp3) is 0.739. The van der Waals surface area contributed by atoms with E-state index in [4.69, 9.17) is 9.47 Å². The van der Waals surface area contributed by atoms with Crippen molar-refractivity contribution in [3.8, 4) is 0 Å². The molecule has 0 saturated carbocycles. The minimum absolute atomic E-state index is 0.00990. The summed E-state index contributed by atoms with van der Waals surface area (Å²) in [6, 6.07) is 3.20. The molecule has 0 fully saturated rings. The van der Waals surface area contributed by atoms with Gasteiger partial charge in [0.05, 0.1) is 16.0 Å². The number of carbonyl (C=O) groups is 2. The zero-order valence-electron chi connectivity index (χ0n) is 34.5. The highest BCUT2D eigenvalue weighted by molar-refractivity contribution is 7.85. The van der Waals surface area contributed by atoms with Crippen LogP contribution in [0.3, 0.4) is 0 Å². The maximum atomic E-state index is 12.9. The predicted molar refractivity (Wildman–Crippen MR) is 225 cm³/mol. The number of carbonyl (C=O) groups excluding carboxylic acids is 2. The van der Waals surface area contributed by atoms with Crippen molar-refractivity contribution in [3.05, 3.63) is 53.6 Å². The first kappa shape index (κ1) is 49.6. The molecule has 1 aromatic rings. The van der Waals surface area contributed by atoms with Gasteiger partial charge in [-0.1, -0.05) is 205 Å². The Kier molecular flexibility index (Phi) is 32.1. The van der Waals surface area contributed by atoms with Crippen molar-refractivity contribution >= 4 is 22.1 Å². The second-order valence-electron chi connectivity index (χ2n) is 15.1. The predicted octanol–water partition coefficient (Wildman–Crippen LogP) is 14.1. The molecule has 7 nitrogen and oxygen atoms in total. The molecule has 0 amide bonds. The lowest BCUT2D eigenvalue weighted by Gasteiger charge is -2.10. The summed E-state index contributed by atoms with van der Waals surface area (Å²) in [5.74, 6) is -1.62. The standard InChI is InChI=1S/C46H78O7S/c1-3-5-7-9-11-13-15-17-19-21-23-25-27-29-31-33-35-39-52-45(47)43-38-37-42(54(49,50)51)41-44(43)46(48)53-40-36-34-32-30-28-26-24-22-20-18-16-14-12-10-8-6-4-2/h33-38,41H,3-32,39-40H2,1-2H3,(H,49,50,51)/b35-33+,36-34+. The summed E-state index contributed by atoms with van der Waals surface area (Å²) in [4.78, 5) is 25.3. The molecular formula is C46H78O7S. The number of ether oxygens (including phenoxy) is 2. The van der Waals surface area contributed by atoms with Crippen LogP contribution < -0.4 is 0 Å². The van der Waals surface area contributed by atoms with Crippen LogP contribution in [0, 0.1) is 0 Å². The lowest BCUT2D eigenvalue weighted by molar-refractivity contribution is 0.0502. The molecule has 1 aromatic carbocycles. The van der Waals surface area contributed by atoms with Crippen molar-refractivity contribution in [3.63, 3.8) is 0 Å². The molecule has 0 aliphatic carbocycles. The van der Waals surface area contributed by atoms with Crippen LogP contribution in [0.15, 0.2) is 47.4 Å². The molecule has 8 heteroatoms. The summed E-state index contributed by atoms with van der Waals surface area (Å²) < 4.78 is 43.7. The second-order valence-corrected chi connectivity index (χ2v) is 16.5. The fourth-order valence-corrected chi connectivity index (χ4v) is 7.23. The molecule has 0 atom stereocenters. The van der Waals surface area contributed by atoms with Gasteiger partial charge in [0.1, 0.15) is 13.2 Å². The van der Waals surface area contributed by atoms with E-state index in [1.807, 2.05) is 12.2 Å². The number of unbranched alkanes of at least 4 members (excludes halogenated alkanes) is 28. The van der Waals surface area contributed by atoms with Gasteiger partial charge in [0.25, 0.3) is 10.1 Å². The average Bonchev–Trinajstić information content (AvgIpc) is 3.16. The Hall–Kier alpha value is -2.45. The van der Waals surface area contributed by atoms with Crippen LogP contribution in [0.4, 0.5) is 0 Å². The van der Waals surface area contributed by atoms with E-state index in [1.165, 1.54) is 173 Å². The van der Waals surface area contributed by atoms with Crippen LogP contribution in [0.25, 0.3) is 0 Å². The normalized spacial score (nSPS) is 11.9. The first-order valence-electron chi connectivity index (χ1n) is 22.1. The van der Waals surface area contributed by atoms with Gasteiger partial charge in [0, 0.05) is 0 Å². The molecule has 1 N–H and O–H groups in total. The Labute approximate surface area is 331 Å². The Balaban J connectivity index is 2.26. The van der Waals surface area contributed by atoms with Gasteiger partial charge in [-0.2, -0.15) is 8.42 Å². The van der Waals surface area contributed by atoms with Crippen LogP contribution in [0.5, 0.6) is 0 Å². The van der Waals surface area contributed by atoms with Crippen molar-refractivity contribution in [2.24, 2.45) is 0 Å². The largest absolute Gasteiger partial charge is 0.458 e. The maximum absolute atomic E-state index is 12.9. The van der Waals surface area contributed by atoms with E-state index in [1.54, 1.807) is 12.2 Å². The molecule has 0 aromatic heterocycles. The molecule has 1 rings (SSSR count). The van der Waals surface area contributed by atoms with Gasteiger partial charge in [-0.3, -0.25) is 4.55 Å². The van der Waals surface area contributed by atoms with Crippen molar-refractivity contribution in [2.45, 2.75) is 211 Å². The van der Waals surface area contributed by atoms with Gasteiger partial charge in [-0.25, -0.2) is 9.59 Å². The minimum Gasteiger partial charge on any atom is -0.458 e. The molecule has 0 spiro atoms. The molecule has 0 aliphatic heterocycles. The number of benzene rings is 1. The van der Waals surface area contributed by atoms with E-state index in [-0.39, 0.29) is 24.3 Å². The number of rotatable bonds is 37. The summed E-state index contributed by atoms with van der Waals surface area (Å²) in [6.45, 7) is 4.55. The SMILES string of the molecule is CCCCCCCCCCCCCCCC/C=C/COC(=O)c1ccc(S(=O)(=O)O)cc1C(=O)OC/C=C/CCCCCCCCCCCCCCCC. The monoisotopic (exact) mass is 775 g/mol. The van der Waals surface area contributed by atoms with Gasteiger partial charge >= 0.3 is 11.9 Å². The highest BCUT2D eigenvalue weighted by Gasteiger charge is 2.23. The van der Waals surface area contributed by atoms with Crippen molar-refractivity contribution in [2.75, 3.05) is 13.2 Å². The van der Waals surface area contributed by atoms with Gasteiger partial charge in [0.2, 0.25) is 0 Å². The topological polar surface area (TPSA) is 107 Å². The third kappa shape index (κ3) is 28.0. The molecule has 0 radical (unpaired) electrons. The zero-order valence-corrected chi connectivity index (χ0v) is 35.3. The summed E-state index contributed by atoms with van der Waals surface area (Å²) >= 11 is 0. The summed E-state index contributed by atoms with van der Waals surface area (Å²) in [7, 11) is -4.59. The van der Waals surface area contributed by atoms with E-state index in [0.717, 1.165) is 37.8 Å². The van der Waals surface area contributed by atoms with Crippen LogP contribution in [-0.2, 0) is 19.6 Å². The molecule has 310 valence electrons. The summed E-state index contributed by atoms with van der Waals surface area (Å²) in [5.41, 5.74) is -0.374. The van der Waals surface area contributed by atoms with Crippen molar-refractivity contribution in [1.82, 2.24) is 0 Å². The van der Waals surface area contributed by atoms with E-state index < -0.39 is 27.0 Å². The molecule has 0 aliphatic rings. The summed E-state index contributed by atoms with van der Waals surface area (Å²) in [6.07, 6.45) is 46.1. The Morgan fingerprint density at radius 3 is 1.13 bits per heavy atom. The van der Waals surface area contributed by atoms with Gasteiger partial charge < -0.3 is 9.47 Å². The molecular weight excluding hydrogens is 697 g/mol. The van der Waals surface area contributed by atoms with Gasteiger partial charge in [-0.15, -0.1) is 0 Å². The van der Waals surface area contributed by atoms with E-state index in [2.05, 4.69) is 13.8 Å². The van der Waals surface area contributed by atoms with Crippen molar-refractivity contribution in [1.29, 1.82) is 0 Å². The lowest BCUT2D eigenvalue weighted by atomic mass is 10.0. The van der Waals surface area contributed by atoms with E-state index in [0.29, 0.717) is 0 Å². The number of hydrogen-bond acceptors (Lipinski definition) is 6. The maximum Gasteiger partial charge on any atom is 0.339 e. The van der Waals surface area contributed by atoms with Crippen LogP contribution in [0.1, 0.15) is 227 Å². The number of esters is 2. The molecule has 0 saturated heterocycles. The van der Waals surface area contributed by atoms with Crippen LogP contribution >= 0.6 is 0 Å². The van der Waals surface area contributed by atoms with Gasteiger partial charge in [-0.05, 0) is 43.9 Å². The van der Waals surface area contributed by atoms with Crippen molar-refractivity contribution < 1.29 is 32.0 Å². The third-order valence-corrected chi connectivity index (χ3v) is 11.0. The molecule has 0 heterocycles. The summed E-state index contributed by atoms with van der Waals surface area (Å²) in [5, 5.41) is 0. The molecule has 0 bridgehead atoms. The van der Waals surface area contributed by atoms with Crippen LogP contribution in [0.2, 0.25) is 0 Å². The molecule has 54 heavy (non-hydrogen) atoms. The average molecular weight is 775 g/mol. The first-order valence-corrected chi connectivity index (χ1v) is 23.5. The highest BCUT2D eigenvalue weighted by atomic mass is 32.2. The van der Waals surface area contributed by atoms with E-state index >= 15 is 0 Å². The Bertz CT molecular complexity index is 1240. The third-order valence-electron chi connectivity index (χ3n) is 10.1. The van der Waals surface area contributed by atoms with Crippen LogP contribution in [-0.4, -0.2) is 38.1 Å². The van der Waals surface area contributed by atoms with Gasteiger partial charge in [0.15, 0.2) is 0 Å². The van der Waals surface area contributed by atoms with E-state index in [9.17, 15) is 22.6 Å². The highest BCUT2D eigenvalue weighted by Crippen LogP contribution is 2.19.